The number of ketones is 1. The number of Topliss-reactive ketones (excluding diaryl/α,β-unsaturated/α-hetero) is 1. The summed E-state index contributed by atoms with van der Waals surface area (Å²) in [7, 11) is 0. The summed E-state index contributed by atoms with van der Waals surface area (Å²) >= 11 is 3.37. The summed E-state index contributed by atoms with van der Waals surface area (Å²) in [5, 5.41) is 2.96. The lowest BCUT2D eigenvalue weighted by molar-refractivity contribution is 0.0982. The molecule has 0 aliphatic heterocycles. The van der Waals surface area contributed by atoms with Crippen molar-refractivity contribution < 1.29 is 4.79 Å². The van der Waals surface area contributed by atoms with Crippen LogP contribution in [0.2, 0.25) is 0 Å². The van der Waals surface area contributed by atoms with Gasteiger partial charge in [0.2, 0.25) is 0 Å². The van der Waals surface area contributed by atoms with E-state index >= 15 is 0 Å². The number of hydrogen-bond acceptors (Lipinski definition) is 2. The third-order valence-corrected chi connectivity index (χ3v) is 3.59. The summed E-state index contributed by atoms with van der Waals surface area (Å²) in [4.78, 5) is 12.3. The van der Waals surface area contributed by atoms with Crippen molar-refractivity contribution in [3.63, 3.8) is 0 Å². The van der Waals surface area contributed by atoms with Gasteiger partial charge in [-0.25, -0.2) is 0 Å². The van der Waals surface area contributed by atoms with Crippen molar-refractivity contribution >= 4 is 38.2 Å². The van der Waals surface area contributed by atoms with Gasteiger partial charge in [-0.1, -0.05) is 46.3 Å². The van der Waals surface area contributed by atoms with Crippen LogP contribution in [0.1, 0.15) is 29.6 Å². The second-order valence-corrected chi connectivity index (χ2v) is 5.11. The number of carbonyl (C=O) groups excluding carboxylic acids is 1. The molecular weight excluding hydrogens is 290 g/mol. The van der Waals surface area contributed by atoms with Crippen LogP contribution in [0.15, 0.2) is 36.4 Å². The quantitative estimate of drug-likeness (QED) is 0.390. The van der Waals surface area contributed by atoms with Crippen LogP contribution in [0.25, 0.3) is 10.8 Å². The van der Waals surface area contributed by atoms with Crippen molar-refractivity contribution in [1.29, 1.82) is 0 Å². The summed E-state index contributed by atoms with van der Waals surface area (Å²) in [6.45, 7) is 0. The minimum absolute atomic E-state index is 0.144. The molecule has 0 atom stereocenters. The number of alkyl halides is 1. The van der Waals surface area contributed by atoms with Gasteiger partial charge in [-0.3, -0.25) is 4.79 Å². The second-order valence-electron chi connectivity index (χ2n) is 4.32. The van der Waals surface area contributed by atoms with Gasteiger partial charge < -0.3 is 5.73 Å². The maximum atomic E-state index is 12.3. The van der Waals surface area contributed by atoms with E-state index in [0.717, 1.165) is 28.9 Å². The van der Waals surface area contributed by atoms with Gasteiger partial charge in [-0.05, 0) is 29.7 Å². The molecule has 0 aliphatic carbocycles. The molecule has 0 aromatic heterocycles. The molecule has 2 N–H and O–H groups in total. The Morgan fingerprint density at radius 1 is 1.11 bits per heavy atom. The zero-order valence-electron chi connectivity index (χ0n) is 10.2. The predicted octanol–water partition coefficient (Wildman–Crippen LogP) is 4.17. The van der Waals surface area contributed by atoms with Gasteiger partial charge in [-0.2, -0.15) is 0 Å². The fourth-order valence-electron chi connectivity index (χ4n) is 2.10. The highest BCUT2D eigenvalue weighted by molar-refractivity contribution is 9.09. The van der Waals surface area contributed by atoms with Crippen LogP contribution in [0.3, 0.4) is 0 Å². The first-order valence-electron chi connectivity index (χ1n) is 6.10. The Labute approximate surface area is 115 Å². The average Bonchev–Trinajstić information content (AvgIpc) is 2.38. The molecule has 0 bridgehead atoms. The van der Waals surface area contributed by atoms with Gasteiger partial charge >= 0.3 is 0 Å². The van der Waals surface area contributed by atoms with Crippen LogP contribution >= 0.6 is 15.9 Å². The standard InChI is InChI=1S/C15H16BrNO/c16-10-4-3-7-14(18)15-12-6-2-1-5-11(12)8-9-13(15)17/h1-2,5-6,8-9H,3-4,7,10,17H2. The summed E-state index contributed by atoms with van der Waals surface area (Å²) < 4.78 is 0. The molecule has 0 radical (unpaired) electrons. The maximum absolute atomic E-state index is 12.3. The van der Waals surface area contributed by atoms with E-state index < -0.39 is 0 Å². The molecule has 3 heteroatoms. The van der Waals surface area contributed by atoms with Gasteiger partial charge in [0.15, 0.2) is 5.78 Å². The number of nitrogens with two attached hydrogens (primary N) is 1. The first-order chi connectivity index (χ1) is 8.74. The Bertz CT molecular complexity index is 565. The van der Waals surface area contributed by atoms with Crippen molar-refractivity contribution in [2.24, 2.45) is 0 Å². The molecule has 0 fully saturated rings. The van der Waals surface area contributed by atoms with E-state index in [9.17, 15) is 4.79 Å². The van der Waals surface area contributed by atoms with E-state index in [0.29, 0.717) is 17.7 Å². The average molecular weight is 306 g/mol. The molecule has 0 saturated heterocycles. The molecule has 0 aliphatic rings. The van der Waals surface area contributed by atoms with Crippen molar-refractivity contribution in [3.8, 4) is 0 Å². The summed E-state index contributed by atoms with van der Waals surface area (Å²) in [6.07, 6.45) is 2.47. The lowest BCUT2D eigenvalue weighted by Crippen LogP contribution is -2.05. The Kier molecular flexibility index (Phi) is 4.37. The largest absolute Gasteiger partial charge is 0.398 e. The Morgan fingerprint density at radius 3 is 2.67 bits per heavy atom. The monoisotopic (exact) mass is 305 g/mol. The zero-order valence-corrected chi connectivity index (χ0v) is 11.7. The fraction of sp³-hybridized carbons (Fsp3) is 0.267. The number of carbonyl (C=O) groups is 1. The van der Waals surface area contributed by atoms with E-state index in [-0.39, 0.29) is 5.78 Å². The molecule has 2 aromatic rings. The summed E-state index contributed by atoms with van der Waals surface area (Å²) in [5.41, 5.74) is 7.23. The molecule has 0 heterocycles. The smallest absolute Gasteiger partial charge is 0.165 e. The van der Waals surface area contributed by atoms with E-state index in [1.807, 2.05) is 36.4 Å². The Morgan fingerprint density at radius 2 is 1.89 bits per heavy atom. The third kappa shape index (κ3) is 2.72. The number of hydrogen-bond donors (Lipinski definition) is 1. The molecule has 94 valence electrons. The van der Waals surface area contributed by atoms with Gasteiger partial charge in [0, 0.05) is 23.0 Å². The van der Waals surface area contributed by atoms with Gasteiger partial charge in [0.1, 0.15) is 0 Å². The Hall–Kier alpha value is -1.35. The minimum atomic E-state index is 0.144. The topological polar surface area (TPSA) is 43.1 Å². The lowest BCUT2D eigenvalue weighted by atomic mass is 9.97. The first-order valence-corrected chi connectivity index (χ1v) is 7.22. The molecule has 2 aromatic carbocycles. The highest BCUT2D eigenvalue weighted by Crippen LogP contribution is 2.26. The van der Waals surface area contributed by atoms with Crippen molar-refractivity contribution in [2.75, 3.05) is 11.1 Å². The number of halogens is 1. The molecule has 2 nitrogen and oxygen atoms in total. The number of anilines is 1. The fourth-order valence-corrected chi connectivity index (χ4v) is 2.50. The minimum Gasteiger partial charge on any atom is -0.398 e. The van der Waals surface area contributed by atoms with Crippen LogP contribution in [0, 0.1) is 0 Å². The molecule has 0 spiro atoms. The zero-order chi connectivity index (χ0) is 13.0. The lowest BCUT2D eigenvalue weighted by Gasteiger charge is -2.09. The molecule has 0 unspecified atom stereocenters. The van der Waals surface area contributed by atoms with Gasteiger partial charge in [-0.15, -0.1) is 0 Å². The van der Waals surface area contributed by atoms with Crippen molar-refractivity contribution in [1.82, 2.24) is 0 Å². The number of benzene rings is 2. The SMILES string of the molecule is Nc1ccc2ccccc2c1C(=O)CCCCBr. The molecule has 0 amide bonds. The highest BCUT2D eigenvalue weighted by atomic mass is 79.9. The van der Waals surface area contributed by atoms with E-state index in [2.05, 4.69) is 15.9 Å². The van der Waals surface area contributed by atoms with E-state index in [4.69, 9.17) is 5.73 Å². The van der Waals surface area contributed by atoms with Gasteiger partial charge in [0.25, 0.3) is 0 Å². The van der Waals surface area contributed by atoms with Crippen molar-refractivity contribution in [3.05, 3.63) is 42.0 Å². The summed E-state index contributed by atoms with van der Waals surface area (Å²) in [5.74, 6) is 0.144. The first kappa shape index (κ1) is 13.1. The number of fused-ring (bicyclic) bond motifs is 1. The van der Waals surface area contributed by atoms with E-state index in [1.54, 1.807) is 0 Å². The van der Waals surface area contributed by atoms with Gasteiger partial charge in [0.05, 0.1) is 0 Å². The molecule has 0 saturated carbocycles. The van der Waals surface area contributed by atoms with Crippen LogP contribution in [-0.4, -0.2) is 11.1 Å². The predicted molar refractivity (Wildman–Crippen MR) is 80.3 cm³/mol. The normalized spacial score (nSPS) is 10.7. The summed E-state index contributed by atoms with van der Waals surface area (Å²) in [6, 6.07) is 11.7. The molecule has 18 heavy (non-hydrogen) atoms. The maximum Gasteiger partial charge on any atom is 0.165 e. The van der Waals surface area contributed by atoms with Crippen LogP contribution < -0.4 is 5.73 Å². The number of rotatable bonds is 5. The Balaban J connectivity index is 2.36. The van der Waals surface area contributed by atoms with Crippen molar-refractivity contribution in [2.45, 2.75) is 19.3 Å². The third-order valence-electron chi connectivity index (χ3n) is 3.03. The van der Waals surface area contributed by atoms with E-state index in [1.165, 1.54) is 0 Å². The van der Waals surface area contributed by atoms with Crippen LogP contribution in [-0.2, 0) is 0 Å². The second kappa shape index (κ2) is 6.01. The molecule has 2 rings (SSSR count). The molecular formula is C15H16BrNO. The number of nitrogen functional groups attached to an aromatic ring is 1. The highest BCUT2D eigenvalue weighted by Gasteiger charge is 2.13. The number of unbranched alkanes of at least 4 members (excludes halogenated alkanes) is 1. The van der Waals surface area contributed by atoms with Crippen LogP contribution in [0.4, 0.5) is 5.69 Å². The van der Waals surface area contributed by atoms with Crippen LogP contribution in [0.5, 0.6) is 0 Å².